The maximum absolute atomic E-state index is 13.9. The van der Waals surface area contributed by atoms with Crippen LogP contribution in [0.5, 0.6) is 0 Å². The SMILES string of the molecule is CS(=O)(=O)Nc1cccc(Nc2cc(-c3ccccc3F)ncn2)c1. The molecule has 0 aliphatic rings. The maximum atomic E-state index is 13.9. The monoisotopic (exact) mass is 358 g/mol. The lowest BCUT2D eigenvalue weighted by Crippen LogP contribution is -2.09. The summed E-state index contributed by atoms with van der Waals surface area (Å²) < 4.78 is 38.9. The van der Waals surface area contributed by atoms with Crippen LogP contribution in [0, 0.1) is 5.82 Å². The summed E-state index contributed by atoms with van der Waals surface area (Å²) in [4.78, 5) is 8.21. The molecule has 0 saturated carbocycles. The number of nitrogens with one attached hydrogen (secondary N) is 2. The van der Waals surface area contributed by atoms with Gasteiger partial charge in [-0.1, -0.05) is 18.2 Å². The van der Waals surface area contributed by atoms with Crippen LogP contribution in [-0.4, -0.2) is 24.6 Å². The van der Waals surface area contributed by atoms with E-state index >= 15 is 0 Å². The molecule has 128 valence electrons. The highest BCUT2D eigenvalue weighted by atomic mass is 32.2. The summed E-state index contributed by atoms with van der Waals surface area (Å²) in [5.74, 6) is 0.0938. The number of nitrogens with zero attached hydrogens (tertiary/aromatic N) is 2. The Bertz CT molecular complexity index is 1010. The molecule has 1 aromatic heterocycles. The van der Waals surface area contributed by atoms with Crippen LogP contribution in [0.4, 0.5) is 21.6 Å². The van der Waals surface area contributed by atoms with Crippen molar-refractivity contribution in [3.8, 4) is 11.3 Å². The number of hydrogen-bond donors (Lipinski definition) is 2. The predicted molar refractivity (Wildman–Crippen MR) is 95.6 cm³/mol. The standard InChI is InChI=1S/C17H15FN4O2S/c1-25(23,24)22-13-6-4-5-12(9-13)21-17-10-16(19-11-20-17)14-7-2-3-8-15(14)18/h2-11,22H,1H3,(H,19,20,21). The molecule has 2 N–H and O–H groups in total. The molecule has 0 spiro atoms. The Labute approximate surface area is 144 Å². The van der Waals surface area contributed by atoms with Crippen LogP contribution >= 0.6 is 0 Å². The molecule has 0 unspecified atom stereocenters. The first-order chi connectivity index (χ1) is 11.9. The molecule has 25 heavy (non-hydrogen) atoms. The van der Waals surface area contributed by atoms with Crippen LogP contribution in [0.15, 0.2) is 60.9 Å². The van der Waals surface area contributed by atoms with Gasteiger partial charge in [-0.15, -0.1) is 0 Å². The molecule has 2 aromatic carbocycles. The van der Waals surface area contributed by atoms with Gasteiger partial charge in [0, 0.05) is 17.3 Å². The zero-order chi connectivity index (χ0) is 17.9. The van der Waals surface area contributed by atoms with E-state index in [0.717, 1.165) is 6.26 Å². The molecule has 6 nitrogen and oxygen atoms in total. The van der Waals surface area contributed by atoms with Crippen LogP contribution in [0.3, 0.4) is 0 Å². The average Bonchev–Trinajstić information content (AvgIpc) is 2.54. The van der Waals surface area contributed by atoms with Crippen molar-refractivity contribution >= 4 is 27.2 Å². The van der Waals surface area contributed by atoms with Crippen molar-refractivity contribution in [3.63, 3.8) is 0 Å². The highest BCUT2D eigenvalue weighted by Gasteiger charge is 2.08. The number of hydrogen-bond acceptors (Lipinski definition) is 5. The Morgan fingerprint density at radius 3 is 2.48 bits per heavy atom. The Balaban J connectivity index is 1.86. The number of rotatable bonds is 5. The molecule has 3 aromatic rings. The fraction of sp³-hybridized carbons (Fsp3) is 0.0588. The summed E-state index contributed by atoms with van der Waals surface area (Å²) in [5, 5.41) is 3.05. The summed E-state index contributed by atoms with van der Waals surface area (Å²) in [5.41, 5.74) is 1.88. The number of benzene rings is 2. The molecule has 0 radical (unpaired) electrons. The third-order valence-corrected chi connectivity index (χ3v) is 3.86. The lowest BCUT2D eigenvalue weighted by Gasteiger charge is -2.09. The summed E-state index contributed by atoms with van der Waals surface area (Å²) >= 11 is 0. The minimum absolute atomic E-state index is 0.369. The zero-order valence-corrected chi connectivity index (χ0v) is 14.1. The Hall–Kier alpha value is -3.00. The van der Waals surface area contributed by atoms with Crippen LogP contribution in [0.1, 0.15) is 0 Å². The summed E-state index contributed by atoms with van der Waals surface area (Å²) in [7, 11) is -3.36. The molecular formula is C17H15FN4O2S. The normalized spacial score (nSPS) is 11.1. The lowest BCUT2D eigenvalue weighted by molar-refractivity contribution is 0.607. The van der Waals surface area contributed by atoms with E-state index in [0.29, 0.717) is 28.5 Å². The summed E-state index contributed by atoms with van der Waals surface area (Å²) in [6.45, 7) is 0. The fourth-order valence-electron chi connectivity index (χ4n) is 2.26. The largest absolute Gasteiger partial charge is 0.340 e. The van der Waals surface area contributed by atoms with Crippen LogP contribution in [0.25, 0.3) is 11.3 Å². The third kappa shape index (κ3) is 4.51. The minimum Gasteiger partial charge on any atom is -0.340 e. The van der Waals surface area contributed by atoms with E-state index in [-0.39, 0.29) is 5.82 Å². The van der Waals surface area contributed by atoms with E-state index in [4.69, 9.17) is 0 Å². The predicted octanol–water partition coefficient (Wildman–Crippen LogP) is 3.40. The highest BCUT2D eigenvalue weighted by Crippen LogP contribution is 2.24. The second kappa shape index (κ2) is 6.86. The van der Waals surface area contributed by atoms with Gasteiger partial charge in [-0.3, -0.25) is 4.72 Å². The van der Waals surface area contributed by atoms with Gasteiger partial charge in [-0.05, 0) is 30.3 Å². The van der Waals surface area contributed by atoms with E-state index in [9.17, 15) is 12.8 Å². The maximum Gasteiger partial charge on any atom is 0.229 e. The van der Waals surface area contributed by atoms with Crippen LogP contribution < -0.4 is 10.0 Å². The molecule has 0 aliphatic carbocycles. The molecule has 1 heterocycles. The molecule has 0 aliphatic heterocycles. The average molecular weight is 358 g/mol. The smallest absolute Gasteiger partial charge is 0.229 e. The first-order valence-corrected chi connectivity index (χ1v) is 9.22. The first-order valence-electron chi connectivity index (χ1n) is 7.32. The lowest BCUT2D eigenvalue weighted by atomic mass is 10.1. The number of sulfonamides is 1. The second-order valence-corrected chi connectivity index (χ2v) is 7.10. The van der Waals surface area contributed by atoms with Gasteiger partial charge in [-0.2, -0.15) is 0 Å². The summed E-state index contributed by atoms with van der Waals surface area (Å²) in [6, 6.07) is 14.7. The molecule has 3 rings (SSSR count). The molecule has 0 fully saturated rings. The van der Waals surface area contributed by atoms with Gasteiger partial charge in [-0.25, -0.2) is 22.8 Å². The molecule has 0 amide bonds. The van der Waals surface area contributed by atoms with Crippen molar-refractivity contribution < 1.29 is 12.8 Å². The highest BCUT2D eigenvalue weighted by molar-refractivity contribution is 7.92. The molecule has 0 bridgehead atoms. The van der Waals surface area contributed by atoms with Gasteiger partial charge in [0.05, 0.1) is 17.6 Å². The number of aromatic nitrogens is 2. The number of halogens is 1. The van der Waals surface area contributed by atoms with Crippen LogP contribution in [0.2, 0.25) is 0 Å². The van der Waals surface area contributed by atoms with E-state index in [1.54, 1.807) is 48.5 Å². The molecular weight excluding hydrogens is 343 g/mol. The third-order valence-electron chi connectivity index (χ3n) is 3.26. The van der Waals surface area contributed by atoms with E-state index in [1.165, 1.54) is 12.4 Å². The number of anilines is 3. The van der Waals surface area contributed by atoms with E-state index in [1.807, 2.05) is 0 Å². The van der Waals surface area contributed by atoms with Crippen molar-refractivity contribution in [1.29, 1.82) is 0 Å². The zero-order valence-electron chi connectivity index (χ0n) is 13.3. The van der Waals surface area contributed by atoms with Crippen molar-refractivity contribution in [2.24, 2.45) is 0 Å². The van der Waals surface area contributed by atoms with Gasteiger partial charge in [0.2, 0.25) is 10.0 Å². The summed E-state index contributed by atoms with van der Waals surface area (Å²) in [6.07, 6.45) is 2.42. The van der Waals surface area contributed by atoms with E-state index in [2.05, 4.69) is 20.0 Å². The first kappa shape index (κ1) is 16.8. The Morgan fingerprint density at radius 2 is 1.72 bits per heavy atom. The Kier molecular flexibility index (Phi) is 4.62. The van der Waals surface area contributed by atoms with Crippen molar-refractivity contribution in [2.45, 2.75) is 0 Å². The molecule has 8 heteroatoms. The molecule has 0 saturated heterocycles. The van der Waals surface area contributed by atoms with Gasteiger partial charge in [0.15, 0.2) is 0 Å². The van der Waals surface area contributed by atoms with Crippen molar-refractivity contribution in [1.82, 2.24) is 9.97 Å². The van der Waals surface area contributed by atoms with Gasteiger partial charge < -0.3 is 5.32 Å². The fourth-order valence-corrected chi connectivity index (χ4v) is 2.82. The van der Waals surface area contributed by atoms with Crippen LogP contribution in [-0.2, 0) is 10.0 Å². The van der Waals surface area contributed by atoms with Crippen molar-refractivity contribution in [2.75, 3.05) is 16.3 Å². The van der Waals surface area contributed by atoms with Gasteiger partial charge >= 0.3 is 0 Å². The molecule has 0 atom stereocenters. The van der Waals surface area contributed by atoms with Gasteiger partial charge in [0.25, 0.3) is 0 Å². The van der Waals surface area contributed by atoms with Gasteiger partial charge in [0.1, 0.15) is 18.0 Å². The van der Waals surface area contributed by atoms with Crippen molar-refractivity contribution in [3.05, 3.63) is 66.7 Å². The van der Waals surface area contributed by atoms with E-state index < -0.39 is 10.0 Å². The second-order valence-electron chi connectivity index (χ2n) is 5.35. The Morgan fingerprint density at radius 1 is 0.960 bits per heavy atom. The topological polar surface area (TPSA) is 84.0 Å². The minimum atomic E-state index is -3.36. The quantitative estimate of drug-likeness (QED) is 0.730.